The van der Waals surface area contributed by atoms with E-state index in [-0.39, 0.29) is 42.2 Å². The maximum Gasteiger partial charge on any atom is 0.243 e. The van der Waals surface area contributed by atoms with E-state index in [0.29, 0.717) is 24.1 Å². The van der Waals surface area contributed by atoms with Gasteiger partial charge in [0, 0.05) is 24.3 Å². The van der Waals surface area contributed by atoms with Gasteiger partial charge in [-0.25, -0.2) is 0 Å². The molecule has 1 saturated heterocycles. The average molecular weight is 334 g/mol. The van der Waals surface area contributed by atoms with Crippen molar-refractivity contribution in [3.05, 3.63) is 0 Å². The second-order valence-corrected chi connectivity index (χ2v) is 7.20. The molecular formula is C14H24ClN3O2S. The third kappa shape index (κ3) is 3.85. The number of thioether (sulfide) groups is 1. The van der Waals surface area contributed by atoms with Crippen LogP contribution in [0.25, 0.3) is 0 Å². The second-order valence-electron chi connectivity index (χ2n) is 6.20. The lowest BCUT2D eigenvalue weighted by atomic mass is 9.84. The lowest BCUT2D eigenvalue weighted by molar-refractivity contribution is -0.143. The zero-order valence-corrected chi connectivity index (χ0v) is 13.8. The minimum Gasteiger partial charge on any atom is -0.353 e. The zero-order chi connectivity index (χ0) is 14.1. The predicted molar refractivity (Wildman–Crippen MR) is 86.3 cm³/mol. The van der Waals surface area contributed by atoms with Crippen molar-refractivity contribution in [2.75, 3.05) is 18.2 Å². The maximum absolute atomic E-state index is 12.3. The Morgan fingerprint density at radius 3 is 2.57 bits per heavy atom. The van der Waals surface area contributed by atoms with Gasteiger partial charge in [0.1, 0.15) is 6.04 Å². The highest BCUT2D eigenvalue weighted by Gasteiger charge is 2.39. The summed E-state index contributed by atoms with van der Waals surface area (Å²) in [4.78, 5) is 26.3. The molecule has 3 fully saturated rings. The molecule has 7 heteroatoms. The van der Waals surface area contributed by atoms with E-state index < -0.39 is 0 Å². The van der Waals surface area contributed by atoms with E-state index in [2.05, 4.69) is 5.32 Å². The van der Waals surface area contributed by atoms with Gasteiger partial charge >= 0.3 is 0 Å². The Balaban J connectivity index is 0.00000161. The van der Waals surface area contributed by atoms with Gasteiger partial charge < -0.3 is 16.0 Å². The summed E-state index contributed by atoms with van der Waals surface area (Å²) in [7, 11) is 0. The first kappa shape index (κ1) is 16.9. The Hall–Kier alpha value is -0.460. The molecule has 2 atom stereocenters. The van der Waals surface area contributed by atoms with E-state index >= 15 is 0 Å². The molecule has 21 heavy (non-hydrogen) atoms. The summed E-state index contributed by atoms with van der Waals surface area (Å²) < 4.78 is 0. The molecule has 120 valence electrons. The van der Waals surface area contributed by atoms with Gasteiger partial charge in [-0.1, -0.05) is 6.42 Å². The summed E-state index contributed by atoms with van der Waals surface area (Å²) in [6, 6.07) is -0.219. The number of nitrogens with two attached hydrogens (primary N) is 1. The first-order valence-corrected chi connectivity index (χ1v) is 8.74. The molecule has 3 rings (SSSR count). The van der Waals surface area contributed by atoms with Crippen molar-refractivity contribution in [3.8, 4) is 0 Å². The second kappa shape index (κ2) is 7.20. The van der Waals surface area contributed by atoms with Crippen LogP contribution in [0, 0.1) is 11.8 Å². The van der Waals surface area contributed by atoms with Crippen LogP contribution in [-0.2, 0) is 9.59 Å². The third-order valence-corrected chi connectivity index (χ3v) is 5.67. The number of hydrogen-bond acceptors (Lipinski definition) is 4. The van der Waals surface area contributed by atoms with Crippen molar-refractivity contribution >= 4 is 36.0 Å². The largest absolute Gasteiger partial charge is 0.353 e. The van der Waals surface area contributed by atoms with Crippen LogP contribution in [0.4, 0.5) is 0 Å². The van der Waals surface area contributed by atoms with E-state index in [1.165, 1.54) is 12.8 Å². The fraction of sp³-hybridized carbons (Fsp3) is 0.857. The number of halogens is 1. The molecule has 0 aromatic heterocycles. The first-order valence-electron chi connectivity index (χ1n) is 7.58. The van der Waals surface area contributed by atoms with Crippen LogP contribution < -0.4 is 11.1 Å². The molecule has 1 aliphatic heterocycles. The molecule has 0 aromatic carbocycles. The number of nitrogens with one attached hydrogen (secondary N) is 1. The Labute approximate surface area is 136 Å². The van der Waals surface area contributed by atoms with E-state index in [1.807, 2.05) is 0 Å². The molecule has 3 N–H and O–H groups in total. The van der Waals surface area contributed by atoms with Crippen molar-refractivity contribution < 1.29 is 9.59 Å². The molecule has 5 nitrogen and oxygen atoms in total. The standard InChI is InChI=1S/C14H23N3O2S.ClH/c15-11(9-4-5-9)6-16-13(18)12-7-20-8-17(12)14(19)10-2-1-3-10;/h9-12H,1-8,15H2,(H,16,18);1H. The number of carbonyl (C=O) groups excluding carboxylic acids is 2. The Morgan fingerprint density at radius 1 is 1.29 bits per heavy atom. The first-order chi connectivity index (χ1) is 9.66. The van der Waals surface area contributed by atoms with E-state index in [4.69, 9.17) is 5.73 Å². The molecule has 3 aliphatic rings. The Bertz CT molecular complexity index is 402. The van der Waals surface area contributed by atoms with Crippen molar-refractivity contribution in [2.24, 2.45) is 17.6 Å². The highest BCUT2D eigenvalue weighted by molar-refractivity contribution is 7.99. The lowest BCUT2D eigenvalue weighted by Crippen LogP contribution is -2.51. The molecule has 0 aromatic rings. The van der Waals surface area contributed by atoms with Crippen LogP contribution in [0.2, 0.25) is 0 Å². The summed E-state index contributed by atoms with van der Waals surface area (Å²) >= 11 is 1.66. The fourth-order valence-corrected chi connectivity index (χ4v) is 3.96. The maximum atomic E-state index is 12.3. The Kier molecular flexibility index (Phi) is 5.80. The average Bonchev–Trinajstić information content (AvgIpc) is 3.10. The zero-order valence-electron chi connectivity index (χ0n) is 12.1. The van der Waals surface area contributed by atoms with Crippen molar-refractivity contribution in [1.82, 2.24) is 10.2 Å². The summed E-state index contributed by atoms with van der Waals surface area (Å²) in [5, 5.41) is 2.93. The normalized spacial score (nSPS) is 26.7. The van der Waals surface area contributed by atoms with E-state index in [9.17, 15) is 9.59 Å². The molecule has 0 bridgehead atoms. The molecule has 2 amide bonds. The van der Waals surface area contributed by atoms with Gasteiger partial charge in [0.15, 0.2) is 0 Å². The van der Waals surface area contributed by atoms with E-state index in [1.54, 1.807) is 16.7 Å². The fourth-order valence-electron chi connectivity index (χ4n) is 2.79. The molecule has 0 spiro atoms. The highest BCUT2D eigenvalue weighted by atomic mass is 35.5. The van der Waals surface area contributed by atoms with Crippen molar-refractivity contribution in [2.45, 2.75) is 44.2 Å². The summed E-state index contributed by atoms with van der Waals surface area (Å²) in [6.07, 6.45) is 5.48. The van der Waals surface area contributed by atoms with Crippen LogP contribution in [0.5, 0.6) is 0 Å². The number of hydrogen-bond donors (Lipinski definition) is 2. The van der Waals surface area contributed by atoms with Crippen LogP contribution in [0.1, 0.15) is 32.1 Å². The SMILES string of the molecule is Cl.NC(CNC(=O)C1CSCN1C(=O)C1CCC1)C1CC1. The molecule has 2 unspecified atom stereocenters. The number of carbonyl (C=O) groups is 2. The minimum absolute atomic E-state index is 0. The van der Waals surface area contributed by atoms with Crippen LogP contribution in [0.15, 0.2) is 0 Å². The summed E-state index contributed by atoms with van der Waals surface area (Å²) in [6.45, 7) is 0.538. The predicted octanol–water partition coefficient (Wildman–Crippen LogP) is 0.963. The molecule has 1 heterocycles. The van der Waals surface area contributed by atoms with Gasteiger partial charge in [-0.05, 0) is 31.6 Å². The van der Waals surface area contributed by atoms with Gasteiger partial charge in [0.25, 0.3) is 0 Å². The van der Waals surface area contributed by atoms with Crippen molar-refractivity contribution in [1.29, 1.82) is 0 Å². The smallest absolute Gasteiger partial charge is 0.243 e. The summed E-state index contributed by atoms with van der Waals surface area (Å²) in [5.74, 6) is 2.26. The third-order valence-electron chi connectivity index (χ3n) is 4.66. The number of rotatable bonds is 5. The monoisotopic (exact) mass is 333 g/mol. The van der Waals surface area contributed by atoms with Gasteiger partial charge in [-0.2, -0.15) is 0 Å². The highest BCUT2D eigenvalue weighted by Crippen LogP contribution is 2.33. The van der Waals surface area contributed by atoms with Gasteiger partial charge in [-0.15, -0.1) is 24.2 Å². The van der Waals surface area contributed by atoms with Crippen LogP contribution in [-0.4, -0.2) is 47.0 Å². The van der Waals surface area contributed by atoms with Crippen molar-refractivity contribution in [3.63, 3.8) is 0 Å². The van der Waals surface area contributed by atoms with Gasteiger partial charge in [-0.3, -0.25) is 9.59 Å². The number of nitrogens with zero attached hydrogens (tertiary/aromatic N) is 1. The quantitative estimate of drug-likeness (QED) is 0.786. The molecule has 0 radical (unpaired) electrons. The van der Waals surface area contributed by atoms with Crippen LogP contribution in [0.3, 0.4) is 0 Å². The molecular weight excluding hydrogens is 310 g/mol. The van der Waals surface area contributed by atoms with E-state index in [0.717, 1.165) is 19.3 Å². The minimum atomic E-state index is -0.292. The topological polar surface area (TPSA) is 75.4 Å². The lowest BCUT2D eigenvalue weighted by Gasteiger charge is -2.31. The van der Waals surface area contributed by atoms with Gasteiger partial charge in [0.2, 0.25) is 11.8 Å². The molecule has 2 saturated carbocycles. The number of amides is 2. The molecule has 2 aliphatic carbocycles. The van der Waals surface area contributed by atoms with Gasteiger partial charge in [0.05, 0.1) is 5.88 Å². The van der Waals surface area contributed by atoms with Crippen LogP contribution >= 0.6 is 24.2 Å². The summed E-state index contributed by atoms with van der Waals surface area (Å²) in [5.41, 5.74) is 6.00. The Morgan fingerprint density at radius 2 is 2.00 bits per heavy atom.